The molecule has 5 rings (SSSR count). The lowest BCUT2D eigenvalue weighted by atomic mass is 10.00. The first-order chi connectivity index (χ1) is 17.4. The molecule has 7 heteroatoms. The van der Waals surface area contributed by atoms with Gasteiger partial charge in [0.05, 0.1) is 24.2 Å². The highest BCUT2D eigenvalue weighted by molar-refractivity contribution is 8.17. The summed E-state index contributed by atoms with van der Waals surface area (Å²) in [5.41, 5.74) is 4.87. The van der Waals surface area contributed by atoms with Crippen LogP contribution in [0.1, 0.15) is 37.8 Å². The van der Waals surface area contributed by atoms with E-state index in [1.54, 1.807) is 14.0 Å². The van der Waals surface area contributed by atoms with Gasteiger partial charge in [0.1, 0.15) is 5.75 Å². The van der Waals surface area contributed by atoms with Gasteiger partial charge < -0.3 is 4.74 Å². The van der Waals surface area contributed by atoms with Gasteiger partial charge in [-0.15, -0.1) is 0 Å². The summed E-state index contributed by atoms with van der Waals surface area (Å²) in [4.78, 5) is 11.6. The molecule has 2 aliphatic rings. The molecule has 6 nitrogen and oxygen atoms in total. The number of nitrogens with zero attached hydrogens (tertiary/aromatic N) is 4. The van der Waals surface area contributed by atoms with E-state index in [9.17, 15) is 4.79 Å². The topological polar surface area (TPSA) is 57.5 Å². The number of anilines is 2. The molecule has 36 heavy (non-hydrogen) atoms. The van der Waals surface area contributed by atoms with Gasteiger partial charge in [-0.3, -0.25) is 4.79 Å². The Morgan fingerprint density at radius 3 is 2.14 bits per heavy atom. The third-order valence-electron chi connectivity index (χ3n) is 6.20. The number of methoxy groups -OCH3 is 1. The van der Waals surface area contributed by atoms with Gasteiger partial charge in [0, 0.05) is 12.5 Å². The summed E-state index contributed by atoms with van der Waals surface area (Å²) in [5.74, 6) is 1.12. The van der Waals surface area contributed by atoms with Crippen LogP contribution in [0.25, 0.3) is 0 Å². The minimum atomic E-state index is -0.891. The number of hydrogen-bond donors (Lipinski definition) is 0. The standard InChI is InChI=1S/C29H28N4O2S/c1-20(2)22-10-12-23(13-11-22)27-18-19-29(32(30-27)24-8-6-5-7-9-24)33(31-28(36-29)21(3)34)25-14-16-26(35-4)17-15-25/h5-20H,1-4H3. The number of para-hydroxylation sites is 1. The van der Waals surface area contributed by atoms with Crippen LogP contribution in [0.2, 0.25) is 0 Å². The smallest absolute Gasteiger partial charge is 0.227 e. The van der Waals surface area contributed by atoms with Crippen molar-refractivity contribution < 1.29 is 9.53 Å². The van der Waals surface area contributed by atoms with Crippen LogP contribution in [0.4, 0.5) is 11.4 Å². The second kappa shape index (κ2) is 9.66. The predicted octanol–water partition coefficient (Wildman–Crippen LogP) is 6.41. The second-order valence-electron chi connectivity index (χ2n) is 8.97. The molecule has 0 saturated carbocycles. The van der Waals surface area contributed by atoms with Crippen LogP contribution >= 0.6 is 11.8 Å². The van der Waals surface area contributed by atoms with E-state index in [2.05, 4.69) is 44.2 Å². The molecule has 1 spiro atoms. The van der Waals surface area contributed by atoms with E-state index in [1.807, 2.05) is 70.7 Å². The number of rotatable bonds is 6. The van der Waals surface area contributed by atoms with E-state index >= 15 is 0 Å². The first-order valence-electron chi connectivity index (χ1n) is 11.9. The Hall–Kier alpha value is -3.84. The molecule has 0 aliphatic carbocycles. The Labute approximate surface area is 216 Å². The highest BCUT2D eigenvalue weighted by atomic mass is 32.2. The molecule has 0 bridgehead atoms. The van der Waals surface area contributed by atoms with E-state index in [0.29, 0.717) is 11.0 Å². The minimum Gasteiger partial charge on any atom is -0.497 e. The molecular formula is C29H28N4O2S. The molecular weight excluding hydrogens is 468 g/mol. The Morgan fingerprint density at radius 2 is 1.53 bits per heavy atom. The van der Waals surface area contributed by atoms with Crippen LogP contribution in [-0.2, 0) is 4.79 Å². The van der Waals surface area contributed by atoms with Crippen LogP contribution in [0.3, 0.4) is 0 Å². The zero-order chi connectivity index (χ0) is 25.3. The molecule has 0 fully saturated rings. The van der Waals surface area contributed by atoms with Crippen LogP contribution in [0.5, 0.6) is 5.75 Å². The number of Topliss-reactive ketones (excluding diaryl/α,β-unsaturated/α-hetero) is 1. The van der Waals surface area contributed by atoms with Crippen molar-refractivity contribution in [1.82, 2.24) is 0 Å². The van der Waals surface area contributed by atoms with E-state index in [1.165, 1.54) is 17.3 Å². The van der Waals surface area contributed by atoms with Crippen LogP contribution in [0, 0.1) is 0 Å². The fourth-order valence-electron chi connectivity index (χ4n) is 4.19. The van der Waals surface area contributed by atoms with Gasteiger partial charge in [-0.25, -0.2) is 10.0 Å². The molecule has 0 saturated heterocycles. The number of hydrazone groups is 2. The van der Waals surface area contributed by atoms with E-state index in [-0.39, 0.29) is 5.78 Å². The lowest BCUT2D eigenvalue weighted by Crippen LogP contribution is -2.53. The third-order valence-corrected chi connectivity index (χ3v) is 7.55. The molecule has 182 valence electrons. The molecule has 0 N–H and O–H groups in total. The number of benzene rings is 3. The van der Waals surface area contributed by atoms with Crippen molar-refractivity contribution in [3.05, 3.63) is 102 Å². The third kappa shape index (κ3) is 4.31. The summed E-state index contributed by atoms with van der Waals surface area (Å²) in [6.07, 6.45) is 4.10. The molecule has 3 aromatic carbocycles. The lowest BCUT2D eigenvalue weighted by molar-refractivity contribution is -0.110. The maximum absolute atomic E-state index is 12.5. The van der Waals surface area contributed by atoms with Gasteiger partial charge in [-0.1, -0.05) is 56.3 Å². The molecule has 2 heterocycles. The van der Waals surface area contributed by atoms with Crippen molar-refractivity contribution in [2.75, 3.05) is 17.1 Å². The SMILES string of the molecule is COc1ccc(N2N=C(C(C)=O)SC23C=CC(c2ccc(C(C)C)cc2)=NN3c2ccccc2)cc1. The number of ketones is 1. The first-order valence-corrected chi connectivity index (χ1v) is 12.7. The van der Waals surface area contributed by atoms with Gasteiger partial charge >= 0.3 is 0 Å². The summed E-state index contributed by atoms with van der Waals surface area (Å²) < 4.78 is 5.34. The Morgan fingerprint density at radius 1 is 0.889 bits per heavy atom. The minimum absolute atomic E-state index is 0.0872. The van der Waals surface area contributed by atoms with E-state index < -0.39 is 4.99 Å². The van der Waals surface area contributed by atoms with Crippen molar-refractivity contribution in [1.29, 1.82) is 0 Å². The fourth-order valence-corrected chi connectivity index (χ4v) is 5.34. The monoisotopic (exact) mass is 496 g/mol. The van der Waals surface area contributed by atoms with Crippen molar-refractivity contribution in [3.63, 3.8) is 0 Å². The lowest BCUT2D eigenvalue weighted by Gasteiger charge is -2.43. The first kappa shape index (κ1) is 23.9. The maximum atomic E-state index is 12.5. The average Bonchev–Trinajstić information content (AvgIpc) is 3.29. The van der Waals surface area contributed by atoms with Crippen molar-refractivity contribution in [2.45, 2.75) is 31.7 Å². The van der Waals surface area contributed by atoms with E-state index in [0.717, 1.165) is 28.4 Å². The van der Waals surface area contributed by atoms with Crippen LogP contribution in [-0.4, -0.2) is 28.6 Å². The summed E-state index contributed by atoms with van der Waals surface area (Å²) in [6, 6.07) is 26.2. The normalized spacial score (nSPS) is 19.0. The quantitative estimate of drug-likeness (QED) is 0.395. The van der Waals surface area contributed by atoms with Crippen molar-refractivity contribution in [3.8, 4) is 5.75 Å². The number of allylic oxidation sites excluding steroid dienone is 1. The number of ether oxygens (including phenoxy) is 1. The predicted molar refractivity (Wildman–Crippen MR) is 149 cm³/mol. The largest absolute Gasteiger partial charge is 0.497 e. The van der Waals surface area contributed by atoms with Gasteiger partial charge in [-0.05, 0) is 71.8 Å². The Bertz CT molecular complexity index is 1350. The highest BCUT2D eigenvalue weighted by Gasteiger charge is 2.50. The van der Waals surface area contributed by atoms with Gasteiger partial charge in [0.2, 0.25) is 4.99 Å². The zero-order valence-corrected chi connectivity index (χ0v) is 21.6. The van der Waals surface area contributed by atoms with Gasteiger partial charge in [0.25, 0.3) is 0 Å². The fraction of sp³-hybridized carbons (Fsp3) is 0.207. The Balaban J connectivity index is 1.63. The number of carbonyl (C=O) groups is 1. The molecule has 0 amide bonds. The maximum Gasteiger partial charge on any atom is 0.227 e. The summed E-state index contributed by atoms with van der Waals surface area (Å²) in [6.45, 7) is 5.92. The molecule has 1 unspecified atom stereocenters. The van der Waals surface area contributed by atoms with Crippen LogP contribution < -0.4 is 14.8 Å². The summed E-state index contributed by atoms with van der Waals surface area (Å²) in [5, 5.41) is 14.1. The highest BCUT2D eigenvalue weighted by Crippen LogP contribution is 2.48. The molecule has 0 radical (unpaired) electrons. The number of hydrogen-bond acceptors (Lipinski definition) is 7. The summed E-state index contributed by atoms with van der Waals surface area (Å²) in [7, 11) is 1.64. The van der Waals surface area contributed by atoms with Crippen molar-refractivity contribution in [2.24, 2.45) is 10.2 Å². The average molecular weight is 497 g/mol. The summed E-state index contributed by atoms with van der Waals surface area (Å²) >= 11 is 1.39. The van der Waals surface area contributed by atoms with Gasteiger partial charge in [0.15, 0.2) is 10.8 Å². The number of thioether (sulfide) groups is 1. The molecule has 1 atom stereocenters. The van der Waals surface area contributed by atoms with Crippen molar-refractivity contribution >= 4 is 39.7 Å². The second-order valence-corrected chi connectivity index (χ2v) is 10.2. The zero-order valence-electron chi connectivity index (χ0n) is 20.8. The van der Waals surface area contributed by atoms with E-state index in [4.69, 9.17) is 14.9 Å². The Kier molecular flexibility index (Phi) is 6.41. The molecule has 2 aliphatic heterocycles. The molecule has 0 aromatic heterocycles. The number of carbonyl (C=O) groups excluding carboxylic acids is 1. The van der Waals surface area contributed by atoms with Crippen LogP contribution in [0.15, 0.2) is 101 Å². The molecule has 3 aromatic rings. The van der Waals surface area contributed by atoms with Gasteiger partial charge in [-0.2, -0.15) is 10.2 Å².